The molecule has 0 aliphatic heterocycles. The quantitative estimate of drug-likeness (QED) is 0.293. The second-order valence-corrected chi connectivity index (χ2v) is 7.91. The van der Waals surface area contributed by atoms with Gasteiger partial charge in [0.1, 0.15) is 0 Å². The third kappa shape index (κ3) is 3.55. The number of allylic oxidation sites excluding steroid dienone is 1. The largest absolute Gasteiger partial charge is 0.316 e. The van der Waals surface area contributed by atoms with Gasteiger partial charge in [-0.25, -0.2) is 0 Å². The van der Waals surface area contributed by atoms with Gasteiger partial charge < -0.3 is 4.40 Å². The molecule has 0 aliphatic carbocycles. The van der Waals surface area contributed by atoms with E-state index in [0.717, 1.165) is 12.8 Å². The zero-order chi connectivity index (χ0) is 20.3. The van der Waals surface area contributed by atoms with E-state index in [4.69, 9.17) is 0 Å². The predicted molar refractivity (Wildman–Crippen MR) is 129 cm³/mol. The lowest BCUT2D eigenvalue weighted by molar-refractivity contribution is 1.02. The third-order valence-corrected chi connectivity index (χ3v) is 5.86. The molecule has 5 aromatic rings. The average molecular weight is 388 g/mol. The lowest BCUT2D eigenvalue weighted by Gasteiger charge is -2.10. The van der Waals surface area contributed by atoms with Crippen LogP contribution in [0.2, 0.25) is 0 Å². The number of rotatable bonds is 5. The monoisotopic (exact) mass is 387 g/mol. The number of hydrogen-bond acceptors (Lipinski definition) is 0. The van der Waals surface area contributed by atoms with Crippen molar-refractivity contribution in [3.05, 3.63) is 126 Å². The van der Waals surface area contributed by atoms with Crippen molar-refractivity contribution in [2.75, 3.05) is 0 Å². The fourth-order valence-electron chi connectivity index (χ4n) is 4.23. The number of benzene rings is 3. The molecule has 0 atom stereocenters. The number of pyridine rings is 1. The van der Waals surface area contributed by atoms with Crippen LogP contribution in [0.15, 0.2) is 103 Å². The van der Waals surface area contributed by atoms with E-state index in [1.165, 1.54) is 44.2 Å². The molecule has 146 valence electrons. The van der Waals surface area contributed by atoms with Gasteiger partial charge in [-0.2, -0.15) is 0 Å². The molecule has 0 fully saturated rings. The zero-order valence-corrected chi connectivity index (χ0v) is 17.3. The molecule has 0 saturated carbocycles. The normalized spacial score (nSPS) is 12.0. The van der Waals surface area contributed by atoms with Crippen LogP contribution in [0.4, 0.5) is 0 Å². The van der Waals surface area contributed by atoms with E-state index in [1.807, 2.05) is 0 Å². The molecular weight excluding hydrogens is 362 g/mol. The van der Waals surface area contributed by atoms with Crippen molar-refractivity contribution in [2.24, 2.45) is 0 Å². The van der Waals surface area contributed by atoms with Gasteiger partial charge in [-0.1, -0.05) is 90.5 Å². The molecule has 2 aromatic heterocycles. The minimum absolute atomic E-state index is 1.00. The predicted octanol–water partition coefficient (Wildman–Crippen LogP) is 7.57. The first-order chi connectivity index (χ1) is 14.8. The minimum atomic E-state index is 1.00. The summed E-state index contributed by atoms with van der Waals surface area (Å²) in [5.74, 6) is 0. The van der Waals surface area contributed by atoms with Crippen molar-refractivity contribution in [3.8, 4) is 0 Å². The Bertz CT molecular complexity index is 1270. The summed E-state index contributed by atoms with van der Waals surface area (Å²) in [4.78, 5) is 0. The minimum Gasteiger partial charge on any atom is -0.316 e. The smallest absolute Gasteiger partial charge is 0.0537 e. The first-order valence-corrected chi connectivity index (χ1v) is 10.6. The molecule has 0 spiro atoms. The van der Waals surface area contributed by atoms with E-state index < -0.39 is 0 Å². The molecule has 0 bridgehead atoms. The van der Waals surface area contributed by atoms with Crippen molar-refractivity contribution >= 4 is 27.9 Å². The molecule has 0 amide bonds. The summed E-state index contributed by atoms with van der Waals surface area (Å²) in [7, 11) is 0. The molecule has 1 nitrogen and oxygen atoms in total. The van der Waals surface area contributed by atoms with Gasteiger partial charge >= 0.3 is 0 Å². The summed E-state index contributed by atoms with van der Waals surface area (Å²) in [6.45, 7) is 2.14. The summed E-state index contributed by atoms with van der Waals surface area (Å²) in [5, 5.41) is 2.60. The van der Waals surface area contributed by atoms with Gasteiger partial charge in [-0.3, -0.25) is 0 Å². The van der Waals surface area contributed by atoms with Gasteiger partial charge in [0.05, 0.1) is 11.2 Å². The van der Waals surface area contributed by atoms with E-state index >= 15 is 0 Å². The Labute approximate surface area is 177 Å². The molecule has 2 heterocycles. The lowest BCUT2D eigenvalue weighted by Crippen LogP contribution is -1.92. The highest BCUT2D eigenvalue weighted by Crippen LogP contribution is 2.31. The van der Waals surface area contributed by atoms with Crippen LogP contribution in [-0.4, -0.2) is 4.40 Å². The van der Waals surface area contributed by atoms with Gasteiger partial charge in [-0.05, 0) is 54.7 Å². The average Bonchev–Trinajstić information content (AvgIpc) is 3.12. The highest BCUT2D eigenvalue weighted by atomic mass is 14.9. The highest BCUT2D eigenvalue weighted by molar-refractivity contribution is 6.04. The molecular formula is C29H25N. The SMILES string of the molecule is Cc1ccc(CC/C(=C\c2c3ccccc3c3ccccn23)c2ccccc2)cc1. The van der Waals surface area contributed by atoms with E-state index in [9.17, 15) is 0 Å². The second-order valence-electron chi connectivity index (χ2n) is 7.91. The first kappa shape index (κ1) is 18.4. The van der Waals surface area contributed by atoms with E-state index in [2.05, 4.69) is 121 Å². The van der Waals surface area contributed by atoms with E-state index in [1.54, 1.807) is 0 Å². The molecule has 0 unspecified atom stereocenters. The maximum absolute atomic E-state index is 2.39. The van der Waals surface area contributed by atoms with Crippen molar-refractivity contribution in [1.29, 1.82) is 0 Å². The fraction of sp³-hybridized carbons (Fsp3) is 0.103. The Morgan fingerprint density at radius 3 is 2.23 bits per heavy atom. The van der Waals surface area contributed by atoms with E-state index in [0.29, 0.717) is 0 Å². The number of hydrogen-bond donors (Lipinski definition) is 0. The van der Waals surface area contributed by atoms with Crippen LogP contribution in [0.3, 0.4) is 0 Å². The Hall–Kier alpha value is -3.58. The molecule has 5 rings (SSSR count). The van der Waals surface area contributed by atoms with Crippen LogP contribution in [0.25, 0.3) is 27.9 Å². The standard InChI is InChI=1S/C29H25N/c1-22-14-16-23(17-15-22)18-19-25(24-9-3-2-4-10-24)21-29-27-12-6-5-11-26(27)28-13-7-8-20-30(28)29/h2-17,20-21H,18-19H2,1H3/b25-21+. The number of aryl methyl sites for hydroxylation is 2. The molecule has 0 radical (unpaired) electrons. The summed E-state index contributed by atoms with van der Waals surface area (Å²) in [6.07, 6.45) is 6.59. The summed E-state index contributed by atoms with van der Waals surface area (Å²) < 4.78 is 2.32. The number of nitrogens with zero attached hydrogens (tertiary/aromatic N) is 1. The Kier molecular flexibility index (Phi) is 4.94. The number of aromatic nitrogens is 1. The summed E-state index contributed by atoms with van der Waals surface area (Å²) >= 11 is 0. The zero-order valence-electron chi connectivity index (χ0n) is 17.3. The van der Waals surface area contributed by atoms with Gasteiger partial charge in [0, 0.05) is 17.0 Å². The van der Waals surface area contributed by atoms with Gasteiger partial charge in [0.15, 0.2) is 0 Å². The molecule has 0 N–H and O–H groups in total. The van der Waals surface area contributed by atoms with Crippen molar-refractivity contribution < 1.29 is 0 Å². The van der Waals surface area contributed by atoms with Gasteiger partial charge in [-0.15, -0.1) is 0 Å². The Balaban J connectivity index is 1.63. The summed E-state index contributed by atoms with van der Waals surface area (Å²) in [5.41, 5.74) is 7.86. The summed E-state index contributed by atoms with van der Waals surface area (Å²) in [6, 6.07) is 34.8. The molecule has 1 heteroatoms. The van der Waals surface area contributed by atoms with Gasteiger partial charge in [0.2, 0.25) is 0 Å². The first-order valence-electron chi connectivity index (χ1n) is 10.6. The Morgan fingerprint density at radius 2 is 1.43 bits per heavy atom. The van der Waals surface area contributed by atoms with Crippen LogP contribution in [0.5, 0.6) is 0 Å². The van der Waals surface area contributed by atoms with Crippen LogP contribution in [0.1, 0.15) is 28.8 Å². The van der Waals surface area contributed by atoms with Crippen LogP contribution < -0.4 is 0 Å². The van der Waals surface area contributed by atoms with Crippen molar-refractivity contribution in [1.82, 2.24) is 4.40 Å². The van der Waals surface area contributed by atoms with E-state index in [-0.39, 0.29) is 0 Å². The molecule has 3 aromatic carbocycles. The second kappa shape index (κ2) is 8.04. The maximum atomic E-state index is 2.39. The number of fused-ring (bicyclic) bond motifs is 3. The third-order valence-electron chi connectivity index (χ3n) is 5.86. The fourth-order valence-corrected chi connectivity index (χ4v) is 4.23. The molecule has 0 saturated heterocycles. The van der Waals surface area contributed by atoms with Crippen LogP contribution in [-0.2, 0) is 6.42 Å². The van der Waals surface area contributed by atoms with Crippen molar-refractivity contribution in [2.45, 2.75) is 19.8 Å². The topological polar surface area (TPSA) is 4.41 Å². The van der Waals surface area contributed by atoms with Gasteiger partial charge in [0.25, 0.3) is 0 Å². The highest BCUT2D eigenvalue weighted by Gasteiger charge is 2.11. The van der Waals surface area contributed by atoms with Crippen molar-refractivity contribution in [3.63, 3.8) is 0 Å². The lowest BCUT2D eigenvalue weighted by atomic mass is 9.96. The molecule has 0 aliphatic rings. The van der Waals surface area contributed by atoms with Crippen LogP contribution in [0, 0.1) is 6.92 Å². The maximum Gasteiger partial charge on any atom is 0.0537 e. The Morgan fingerprint density at radius 1 is 0.733 bits per heavy atom. The van der Waals surface area contributed by atoms with Crippen LogP contribution >= 0.6 is 0 Å². The molecule has 30 heavy (non-hydrogen) atoms.